The van der Waals surface area contributed by atoms with Crippen LogP contribution >= 0.6 is 0 Å². The maximum absolute atomic E-state index is 14.2. The Morgan fingerprint density at radius 2 is 1.53 bits per heavy atom. The molecule has 1 aliphatic rings. The van der Waals surface area contributed by atoms with E-state index in [0.717, 1.165) is 0 Å². The van der Waals surface area contributed by atoms with Crippen molar-refractivity contribution in [1.82, 2.24) is 0 Å². The van der Waals surface area contributed by atoms with Gasteiger partial charge in [-0.25, -0.2) is 18.4 Å². The summed E-state index contributed by atoms with van der Waals surface area (Å²) >= 11 is 0. The van der Waals surface area contributed by atoms with Gasteiger partial charge in [-0.15, -0.1) is 0 Å². The number of benzene rings is 2. The Balaban J connectivity index is 1.76. The maximum atomic E-state index is 14.2. The summed E-state index contributed by atoms with van der Waals surface area (Å²) in [7, 11) is 0. The van der Waals surface area contributed by atoms with E-state index in [2.05, 4.69) is 11.8 Å². The molecule has 0 aliphatic carbocycles. The molecular weight excluding hydrogens is 398 g/mol. The Hall–Kier alpha value is -3.28. The van der Waals surface area contributed by atoms with Crippen molar-refractivity contribution in [3.05, 3.63) is 70.3 Å². The summed E-state index contributed by atoms with van der Waals surface area (Å²) in [6.07, 6.45) is -3.27. The number of aliphatic carboxylic acids is 2. The van der Waals surface area contributed by atoms with Crippen LogP contribution in [0.5, 0.6) is 0 Å². The fraction of sp³-hybridized carbons (Fsp3) is 0.273. The lowest BCUT2D eigenvalue weighted by Crippen LogP contribution is -2.36. The Kier molecular flexibility index (Phi) is 6.45. The number of hydrogen-bond acceptors (Lipinski definition) is 4. The summed E-state index contributed by atoms with van der Waals surface area (Å²) in [4.78, 5) is 22.3. The molecule has 2 N–H and O–H groups in total. The standard InChI is InChI=1S/C22H18F2O6/c1-2-3-13-10-11-14(17(24)16(13)23)7-4-12-5-8-15(9-6-12)22-29-18(20(25)26)19(30-22)21(27)28/h5-6,8-11,18-19,22H,2-3H2,1H3,(H,25,26)(H,27,28). The van der Waals surface area contributed by atoms with Gasteiger partial charge in [0.25, 0.3) is 0 Å². The van der Waals surface area contributed by atoms with Crippen molar-refractivity contribution in [2.24, 2.45) is 0 Å². The van der Waals surface area contributed by atoms with Gasteiger partial charge in [0.15, 0.2) is 30.1 Å². The predicted octanol–water partition coefficient (Wildman–Crippen LogP) is 3.27. The van der Waals surface area contributed by atoms with Crippen LogP contribution in [0.3, 0.4) is 0 Å². The minimum absolute atomic E-state index is 0.0625. The highest BCUT2D eigenvalue weighted by Crippen LogP contribution is 2.31. The number of aryl methyl sites for hydroxylation is 1. The van der Waals surface area contributed by atoms with Gasteiger partial charge in [-0.05, 0) is 30.2 Å². The van der Waals surface area contributed by atoms with E-state index in [1.165, 1.54) is 24.3 Å². The number of hydrogen-bond donors (Lipinski definition) is 2. The van der Waals surface area contributed by atoms with Crippen molar-refractivity contribution in [3.8, 4) is 11.8 Å². The third-order valence-electron chi connectivity index (χ3n) is 4.51. The molecule has 0 amide bonds. The first kappa shape index (κ1) is 21.4. The van der Waals surface area contributed by atoms with Crippen molar-refractivity contribution in [2.75, 3.05) is 0 Å². The van der Waals surface area contributed by atoms with E-state index >= 15 is 0 Å². The Labute approximate surface area is 171 Å². The van der Waals surface area contributed by atoms with E-state index in [9.17, 15) is 18.4 Å². The molecule has 3 rings (SSSR count). The molecule has 2 aromatic rings. The monoisotopic (exact) mass is 416 g/mol. The van der Waals surface area contributed by atoms with Crippen LogP contribution in [-0.4, -0.2) is 34.4 Å². The van der Waals surface area contributed by atoms with Crippen molar-refractivity contribution >= 4 is 11.9 Å². The van der Waals surface area contributed by atoms with Crippen molar-refractivity contribution in [1.29, 1.82) is 0 Å². The topological polar surface area (TPSA) is 93.1 Å². The zero-order chi connectivity index (χ0) is 21.8. The molecular formula is C22H18F2O6. The SMILES string of the molecule is CCCc1ccc(C#Cc2ccc(C3OC(C(=O)O)C(C(=O)O)O3)cc2)c(F)c1F. The van der Waals surface area contributed by atoms with E-state index < -0.39 is 42.1 Å². The lowest BCUT2D eigenvalue weighted by atomic mass is 10.1. The molecule has 0 bridgehead atoms. The molecule has 2 unspecified atom stereocenters. The predicted molar refractivity (Wildman–Crippen MR) is 101 cm³/mol. The van der Waals surface area contributed by atoms with Gasteiger partial charge in [0, 0.05) is 11.1 Å². The van der Waals surface area contributed by atoms with Crippen LogP contribution in [0.1, 0.15) is 41.9 Å². The van der Waals surface area contributed by atoms with Gasteiger partial charge in [-0.1, -0.05) is 43.4 Å². The molecule has 0 saturated carbocycles. The maximum Gasteiger partial charge on any atom is 0.336 e. The van der Waals surface area contributed by atoms with E-state index in [-0.39, 0.29) is 5.56 Å². The third-order valence-corrected chi connectivity index (χ3v) is 4.51. The van der Waals surface area contributed by atoms with Gasteiger partial charge in [-0.3, -0.25) is 0 Å². The zero-order valence-electron chi connectivity index (χ0n) is 15.9. The molecule has 156 valence electrons. The van der Waals surface area contributed by atoms with Crippen LogP contribution in [0.2, 0.25) is 0 Å². The second-order valence-electron chi connectivity index (χ2n) is 6.64. The number of carboxylic acids is 2. The molecule has 6 nitrogen and oxygen atoms in total. The fourth-order valence-corrected chi connectivity index (χ4v) is 2.99. The van der Waals surface area contributed by atoms with Gasteiger partial charge in [0.2, 0.25) is 0 Å². The largest absolute Gasteiger partial charge is 0.479 e. The molecule has 0 aromatic heterocycles. The minimum Gasteiger partial charge on any atom is -0.479 e. The number of halogens is 2. The summed E-state index contributed by atoms with van der Waals surface area (Å²) in [5.74, 6) is 0.557. The molecule has 0 radical (unpaired) electrons. The lowest BCUT2D eigenvalue weighted by Gasteiger charge is -2.09. The lowest BCUT2D eigenvalue weighted by molar-refractivity contribution is -0.156. The van der Waals surface area contributed by atoms with Crippen molar-refractivity contribution in [2.45, 2.75) is 38.3 Å². The van der Waals surface area contributed by atoms with Gasteiger partial charge >= 0.3 is 11.9 Å². The van der Waals surface area contributed by atoms with Gasteiger partial charge in [0.1, 0.15) is 0 Å². The van der Waals surface area contributed by atoms with Crippen LogP contribution in [0, 0.1) is 23.5 Å². The average Bonchev–Trinajstić information content (AvgIpc) is 3.18. The molecule has 8 heteroatoms. The third kappa shape index (κ3) is 4.48. The summed E-state index contributed by atoms with van der Waals surface area (Å²) in [5, 5.41) is 18.1. The highest BCUT2D eigenvalue weighted by molar-refractivity contribution is 5.84. The highest BCUT2D eigenvalue weighted by atomic mass is 19.2. The molecule has 1 aliphatic heterocycles. The normalized spacial score (nSPS) is 20.4. The Morgan fingerprint density at radius 1 is 0.933 bits per heavy atom. The zero-order valence-corrected chi connectivity index (χ0v) is 15.9. The molecule has 30 heavy (non-hydrogen) atoms. The van der Waals surface area contributed by atoms with Gasteiger partial charge in [0.05, 0.1) is 5.56 Å². The molecule has 1 saturated heterocycles. The van der Waals surface area contributed by atoms with E-state index in [1.54, 1.807) is 12.1 Å². The smallest absolute Gasteiger partial charge is 0.336 e. The summed E-state index contributed by atoms with van der Waals surface area (Å²) in [6, 6.07) is 9.11. The second kappa shape index (κ2) is 9.03. The first-order valence-electron chi connectivity index (χ1n) is 9.17. The van der Waals surface area contributed by atoms with Gasteiger partial charge < -0.3 is 19.7 Å². The highest BCUT2D eigenvalue weighted by Gasteiger charge is 2.46. The van der Waals surface area contributed by atoms with Crippen molar-refractivity contribution < 1.29 is 38.1 Å². The molecule has 0 spiro atoms. The van der Waals surface area contributed by atoms with Gasteiger partial charge in [-0.2, -0.15) is 0 Å². The van der Waals surface area contributed by atoms with E-state index in [4.69, 9.17) is 19.7 Å². The summed E-state index contributed by atoms with van der Waals surface area (Å²) in [5.41, 5.74) is 1.13. The quantitative estimate of drug-likeness (QED) is 0.727. The summed E-state index contributed by atoms with van der Waals surface area (Å²) < 4.78 is 38.5. The first-order valence-corrected chi connectivity index (χ1v) is 9.17. The Bertz CT molecular complexity index is 1000. The van der Waals surface area contributed by atoms with E-state index in [1.807, 2.05) is 6.92 Å². The van der Waals surface area contributed by atoms with Crippen LogP contribution in [0.15, 0.2) is 36.4 Å². The number of rotatable bonds is 5. The van der Waals surface area contributed by atoms with Crippen LogP contribution in [0.25, 0.3) is 0 Å². The molecule has 1 heterocycles. The van der Waals surface area contributed by atoms with Crippen LogP contribution in [-0.2, 0) is 25.5 Å². The first-order chi connectivity index (χ1) is 14.3. The van der Waals surface area contributed by atoms with Crippen LogP contribution < -0.4 is 0 Å². The number of carbonyl (C=O) groups is 2. The molecule has 2 atom stereocenters. The number of carboxylic acid groups (broad SMARTS) is 2. The van der Waals surface area contributed by atoms with E-state index in [0.29, 0.717) is 29.5 Å². The second-order valence-corrected chi connectivity index (χ2v) is 6.64. The molecule has 2 aromatic carbocycles. The van der Waals surface area contributed by atoms with Crippen molar-refractivity contribution in [3.63, 3.8) is 0 Å². The number of ether oxygens (including phenoxy) is 2. The fourth-order valence-electron chi connectivity index (χ4n) is 2.99. The van der Waals surface area contributed by atoms with Crippen LogP contribution in [0.4, 0.5) is 8.78 Å². The Morgan fingerprint density at radius 3 is 2.07 bits per heavy atom. The molecule has 1 fully saturated rings. The minimum atomic E-state index is -1.62. The average molecular weight is 416 g/mol. The summed E-state index contributed by atoms with van der Waals surface area (Å²) in [6.45, 7) is 1.88.